The van der Waals surface area contributed by atoms with Crippen LogP contribution in [0.2, 0.25) is 0 Å². The monoisotopic (exact) mass is 355 g/mol. The fraction of sp³-hybridized carbons (Fsp3) is 0.529. The molecule has 0 radical (unpaired) electrons. The van der Waals surface area contributed by atoms with Crippen LogP contribution < -0.4 is 20.7 Å². The van der Waals surface area contributed by atoms with Gasteiger partial charge in [0, 0.05) is 19.5 Å². The molecular weight excluding hydrogens is 330 g/mol. The summed E-state index contributed by atoms with van der Waals surface area (Å²) in [7, 11) is 0. The topological polar surface area (TPSA) is 84.7 Å². The zero-order valence-electron chi connectivity index (χ0n) is 14.2. The third-order valence-corrected chi connectivity index (χ3v) is 3.98. The second-order valence-corrected chi connectivity index (χ2v) is 5.89. The molecule has 1 heterocycles. The molecule has 6 nitrogen and oxygen atoms in total. The van der Waals surface area contributed by atoms with Crippen LogP contribution in [0.15, 0.2) is 24.3 Å². The Kier molecular flexibility index (Phi) is 8.01. The molecule has 0 aromatic heterocycles. The molecule has 1 aliphatic rings. The molecule has 2 atom stereocenters. The molecule has 2 rings (SSSR count). The predicted octanol–water partition coefficient (Wildman–Crippen LogP) is 1.57. The van der Waals surface area contributed by atoms with E-state index in [4.69, 9.17) is 10.5 Å². The molecule has 1 aromatic rings. The Morgan fingerprint density at radius 2 is 2.17 bits per heavy atom. The van der Waals surface area contributed by atoms with Crippen molar-refractivity contribution in [3.05, 3.63) is 24.3 Å². The molecule has 3 N–H and O–H groups in total. The van der Waals surface area contributed by atoms with Gasteiger partial charge in [-0.3, -0.25) is 9.59 Å². The number of carbonyl (C=O) groups is 2. The molecule has 7 heteroatoms. The molecule has 0 aliphatic carbocycles. The fourth-order valence-corrected chi connectivity index (χ4v) is 2.58. The highest BCUT2D eigenvalue weighted by molar-refractivity contribution is 6.01. The number of nitrogens with zero attached hydrogens (tertiary/aromatic N) is 1. The lowest BCUT2D eigenvalue weighted by atomic mass is 10.1. The maximum Gasteiger partial charge on any atom is 0.227 e. The van der Waals surface area contributed by atoms with Gasteiger partial charge < -0.3 is 20.7 Å². The molecule has 2 amide bonds. The maximum absolute atomic E-state index is 12.3. The van der Waals surface area contributed by atoms with Crippen molar-refractivity contribution in [3.8, 4) is 5.75 Å². The average Bonchev–Trinajstić information content (AvgIpc) is 2.95. The summed E-state index contributed by atoms with van der Waals surface area (Å²) in [6, 6.07) is 7.41. The number of ether oxygens (including phenoxy) is 1. The molecule has 1 saturated heterocycles. The SMILES string of the molecule is CCOc1ccccc1N1CC(C(=O)NCC(C)CN)CC1=O.Cl. The largest absolute Gasteiger partial charge is 0.492 e. The number of nitrogens with two attached hydrogens (primary N) is 1. The van der Waals surface area contributed by atoms with Gasteiger partial charge in [-0.25, -0.2) is 0 Å². The number of anilines is 1. The van der Waals surface area contributed by atoms with Gasteiger partial charge in [-0.2, -0.15) is 0 Å². The fourth-order valence-electron chi connectivity index (χ4n) is 2.58. The first-order valence-corrected chi connectivity index (χ1v) is 8.06. The van der Waals surface area contributed by atoms with Gasteiger partial charge in [0.05, 0.1) is 18.2 Å². The van der Waals surface area contributed by atoms with Gasteiger partial charge >= 0.3 is 0 Å². The number of hydrogen-bond acceptors (Lipinski definition) is 4. The van der Waals surface area contributed by atoms with Crippen LogP contribution in [-0.2, 0) is 9.59 Å². The van der Waals surface area contributed by atoms with Crippen molar-refractivity contribution < 1.29 is 14.3 Å². The Labute approximate surface area is 149 Å². The molecule has 1 fully saturated rings. The second-order valence-electron chi connectivity index (χ2n) is 5.89. The van der Waals surface area contributed by atoms with E-state index in [1.807, 2.05) is 38.1 Å². The van der Waals surface area contributed by atoms with Crippen molar-refractivity contribution in [1.29, 1.82) is 0 Å². The summed E-state index contributed by atoms with van der Waals surface area (Å²) in [6.07, 6.45) is 0.225. The van der Waals surface area contributed by atoms with Crippen LogP contribution in [0.4, 0.5) is 5.69 Å². The van der Waals surface area contributed by atoms with E-state index in [-0.39, 0.29) is 42.5 Å². The van der Waals surface area contributed by atoms with E-state index in [1.165, 1.54) is 0 Å². The number of rotatable bonds is 7. The molecule has 2 unspecified atom stereocenters. The Morgan fingerprint density at radius 3 is 2.83 bits per heavy atom. The lowest BCUT2D eigenvalue weighted by molar-refractivity contribution is -0.126. The van der Waals surface area contributed by atoms with Crippen molar-refractivity contribution >= 4 is 29.9 Å². The third kappa shape index (κ3) is 4.85. The van der Waals surface area contributed by atoms with Crippen LogP contribution >= 0.6 is 12.4 Å². The Hall–Kier alpha value is -1.79. The van der Waals surface area contributed by atoms with Gasteiger partial charge in [0.1, 0.15) is 5.75 Å². The highest BCUT2D eigenvalue weighted by Crippen LogP contribution is 2.33. The van der Waals surface area contributed by atoms with E-state index >= 15 is 0 Å². The summed E-state index contributed by atoms with van der Waals surface area (Å²) in [6.45, 7) is 5.85. The minimum Gasteiger partial charge on any atom is -0.492 e. The zero-order valence-corrected chi connectivity index (χ0v) is 15.0. The third-order valence-electron chi connectivity index (χ3n) is 3.98. The highest BCUT2D eigenvalue weighted by Gasteiger charge is 2.36. The Bertz CT molecular complexity index is 568. The van der Waals surface area contributed by atoms with Crippen molar-refractivity contribution in [2.24, 2.45) is 17.6 Å². The normalized spacial score (nSPS) is 18.0. The zero-order chi connectivity index (χ0) is 16.8. The van der Waals surface area contributed by atoms with E-state index < -0.39 is 0 Å². The van der Waals surface area contributed by atoms with E-state index in [0.29, 0.717) is 32.0 Å². The van der Waals surface area contributed by atoms with Crippen LogP contribution in [0.1, 0.15) is 20.3 Å². The first-order chi connectivity index (χ1) is 11.1. The van der Waals surface area contributed by atoms with E-state index in [1.54, 1.807) is 4.90 Å². The van der Waals surface area contributed by atoms with Crippen LogP contribution in [0.25, 0.3) is 0 Å². The van der Waals surface area contributed by atoms with Crippen LogP contribution in [0.5, 0.6) is 5.75 Å². The summed E-state index contributed by atoms with van der Waals surface area (Å²) in [5.74, 6) is 0.424. The number of nitrogens with one attached hydrogen (secondary N) is 1. The molecule has 134 valence electrons. The van der Waals surface area contributed by atoms with E-state index in [0.717, 1.165) is 5.69 Å². The first-order valence-electron chi connectivity index (χ1n) is 8.06. The predicted molar refractivity (Wildman–Crippen MR) is 96.5 cm³/mol. The molecule has 0 bridgehead atoms. The standard InChI is InChI=1S/C17H25N3O3.ClH/c1-3-23-15-7-5-4-6-14(15)20-11-13(8-16(20)21)17(22)19-10-12(2)9-18;/h4-7,12-13H,3,8-11,18H2,1-2H3,(H,19,22);1H. The Morgan fingerprint density at radius 1 is 1.46 bits per heavy atom. The number of hydrogen-bond donors (Lipinski definition) is 2. The second kappa shape index (κ2) is 9.49. The summed E-state index contributed by atoms with van der Waals surface area (Å²) in [4.78, 5) is 26.2. The minimum absolute atomic E-state index is 0. The molecule has 24 heavy (non-hydrogen) atoms. The molecule has 1 aliphatic heterocycles. The van der Waals surface area contributed by atoms with Crippen LogP contribution in [0.3, 0.4) is 0 Å². The lowest BCUT2D eigenvalue weighted by Crippen LogP contribution is -2.36. The summed E-state index contributed by atoms with van der Waals surface area (Å²) < 4.78 is 5.58. The maximum atomic E-state index is 12.3. The number of carbonyl (C=O) groups excluding carboxylic acids is 2. The quantitative estimate of drug-likeness (QED) is 0.777. The molecule has 1 aromatic carbocycles. The van der Waals surface area contributed by atoms with E-state index in [2.05, 4.69) is 5.32 Å². The Balaban J connectivity index is 0.00000288. The van der Waals surface area contributed by atoms with Crippen LogP contribution in [-0.4, -0.2) is 38.1 Å². The van der Waals surface area contributed by atoms with Crippen molar-refractivity contribution in [3.63, 3.8) is 0 Å². The summed E-state index contributed by atoms with van der Waals surface area (Å²) in [5, 5.41) is 2.88. The van der Waals surface area contributed by atoms with Crippen molar-refractivity contribution in [2.75, 3.05) is 31.1 Å². The van der Waals surface area contributed by atoms with Crippen molar-refractivity contribution in [2.45, 2.75) is 20.3 Å². The molecule has 0 spiro atoms. The van der Waals surface area contributed by atoms with Gasteiger partial charge in [0.2, 0.25) is 11.8 Å². The molecular formula is C17H26ClN3O3. The van der Waals surface area contributed by atoms with Gasteiger partial charge in [0.15, 0.2) is 0 Å². The summed E-state index contributed by atoms with van der Waals surface area (Å²) >= 11 is 0. The summed E-state index contributed by atoms with van der Waals surface area (Å²) in [5.41, 5.74) is 6.28. The lowest BCUT2D eigenvalue weighted by Gasteiger charge is -2.20. The average molecular weight is 356 g/mol. The van der Waals surface area contributed by atoms with Gasteiger partial charge in [-0.1, -0.05) is 19.1 Å². The van der Waals surface area contributed by atoms with Gasteiger partial charge in [0.25, 0.3) is 0 Å². The van der Waals surface area contributed by atoms with E-state index in [9.17, 15) is 9.59 Å². The number of amides is 2. The first kappa shape index (κ1) is 20.3. The van der Waals surface area contributed by atoms with Gasteiger partial charge in [-0.15, -0.1) is 12.4 Å². The minimum atomic E-state index is -0.331. The smallest absolute Gasteiger partial charge is 0.227 e. The van der Waals surface area contributed by atoms with Crippen molar-refractivity contribution in [1.82, 2.24) is 5.32 Å². The van der Waals surface area contributed by atoms with Gasteiger partial charge in [-0.05, 0) is 31.5 Å². The number of halogens is 1. The number of para-hydroxylation sites is 2. The highest BCUT2D eigenvalue weighted by atomic mass is 35.5. The van der Waals surface area contributed by atoms with Crippen LogP contribution in [0, 0.1) is 11.8 Å². The number of benzene rings is 1. The molecule has 0 saturated carbocycles.